The Bertz CT molecular complexity index is 2040. The molecule has 0 amide bonds. The van der Waals surface area contributed by atoms with Gasteiger partial charge in [0.15, 0.2) is 5.41 Å². The van der Waals surface area contributed by atoms with Gasteiger partial charge in [0.2, 0.25) is 0 Å². The fraction of sp³-hybridized carbons (Fsp3) is 0.118. The van der Waals surface area contributed by atoms with Crippen LogP contribution in [0.4, 0.5) is 35.1 Å². The van der Waals surface area contributed by atoms with E-state index in [0.29, 0.717) is 36.4 Å². The third-order valence-electron chi connectivity index (χ3n) is 7.68. The minimum atomic E-state index is -6.85. The van der Waals surface area contributed by atoms with Crippen molar-refractivity contribution in [3.05, 3.63) is 129 Å². The largest absolute Gasteiger partial charge is 0.478 e. The van der Waals surface area contributed by atoms with E-state index in [1.165, 1.54) is 0 Å². The maximum atomic E-state index is 15.4. The van der Waals surface area contributed by atoms with Crippen molar-refractivity contribution in [3.63, 3.8) is 0 Å². The maximum absolute atomic E-state index is 15.4. The molecule has 4 aromatic carbocycles. The van der Waals surface area contributed by atoms with Crippen LogP contribution in [-0.2, 0) is 5.41 Å². The van der Waals surface area contributed by atoms with E-state index < -0.39 is 116 Å². The number of rotatable bonds is 11. The van der Waals surface area contributed by atoms with Gasteiger partial charge in [-0.05, 0) is 71.8 Å². The Morgan fingerprint density at radius 3 is 1.00 bits per heavy atom. The monoisotopic (exact) mass is 770 g/mol. The van der Waals surface area contributed by atoms with Gasteiger partial charge in [0.1, 0.15) is 11.5 Å². The maximum Gasteiger partial charge on any atom is 0.454 e. The average molecular weight is 770 g/mol. The smallest absolute Gasteiger partial charge is 0.454 e. The standard InChI is InChI=1S/C34H18F8O12/c35-32(36,34(40,41)42)31(33(37,38)39,17-3-7-19(8-4-17)53-29(51)15-1-11-21(25(43)44)23(13-15)27(47)48)18-5-9-20(10-6-18)54-30(52)16-2-12-22(26(45)46)24(14-16)28(49)50/h1-14H,(H,43,44)(H,45,46)(H,47,48)(H,49,50). The number of aromatic carboxylic acids is 4. The summed E-state index contributed by atoms with van der Waals surface area (Å²) >= 11 is 0. The molecule has 0 aliphatic carbocycles. The molecule has 4 aromatic rings. The molecule has 4 N–H and O–H groups in total. The number of carboxylic acid groups (broad SMARTS) is 4. The van der Waals surface area contributed by atoms with Gasteiger partial charge in [0.05, 0.1) is 33.4 Å². The van der Waals surface area contributed by atoms with E-state index in [0.717, 1.165) is 24.3 Å². The molecular formula is C34H18F8O12. The van der Waals surface area contributed by atoms with Crippen LogP contribution in [0.2, 0.25) is 0 Å². The molecule has 54 heavy (non-hydrogen) atoms. The Balaban J connectivity index is 1.75. The second-order valence-corrected chi connectivity index (χ2v) is 10.9. The van der Waals surface area contributed by atoms with Gasteiger partial charge < -0.3 is 29.9 Å². The molecule has 0 unspecified atom stereocenters. The lowest BCUT2D eigenvalue weighted by molar-refractivity contribution is -0.348. The van der Waals surface area contributed by atoms with E-state index >= 15 is 8.78 Å². The molecule has 0 heterocycles. The lowest BCUT2D eigenvalue weighted by Crippen LogP contribution is -2.62. The highest BCUT2D eigenvalue weighted by molar-refractivity contribution is 6.05. The lowest BCUT2D eigenvalue weighted by atomic mass is 9.68. The number of benzene rings is 4. The summed E-state index contributed by atoms with van der Waals surface area (Å²) in [5.41, 5.74) is -13.0. The van der Waals surface area contributed by atoms with Gasteiger partial charge in [-0.25, -0.2) is 28.8 Å². The van der Waals surface area contributed by atoms with E-state index in [-0.39, 0.29) is 24.3 Å². The van der Waals surface area contributed by atoms with E-state index in [4.69, 9.17) is 19.7 Å². The molecule has 0 bridgehead atoms. The topological polar surface area (TPSA) is 202 Å². The average Bonchev–Trinajstić information content (AvgIpc) is 3.08. The summed E-state index contributed by atoms with van der Waals surface area (Å²) in [4.78, 5) is 70.6. The summed E-state index contributed by atoms with van der Waals surface area (Å²) in [7, 11) is 0. The first kappa shape index (κ1) is 39.9. The molecular weight excluding hydrogens is 752 g/mol. The van der Waals surface area contributed by atoms with Crippen molar-refractivity contribution in [1.29, 1.82) is 0 Å². The zero-order valence-electron chi connectivity index (χ0n) is 26.2. The summed E-state index contributed by atoms with van der Waals surface area (Å²) in [6.07, 6.45) is -13.3. The van der Waals surface area contributed by atoms with Crippen molar-refractivity contribution in [2.24, 2.45) is 0 Å². The highest BCUT2D eigenvalue weighted by atomic mass is 19.4. The molecule has 12 nitrogen and oxygen atoms in total. The SMILES string of the molecule is O=C(Oc1ccc(C(c2ccc(OC(=O)c3ccc(C(=O)O)c(C(=O)O)c3)cc2)(C(F)(F)F)C(F)(F)C(F)(F)F)cc1)c1ccc(C(=O)O)c(C(=O)O)c1. The van der Waals surface area contributed by atoms with Crippen LogP contribution in [-0.4, -0.2) is 74.5 Å². The van der Waals surface area contributed by atoms with Crippen LogP contribution in [0.5, 0.6) is 11.5 Å². The van der Waals surface area contributed by atoms with Crippen molar-refractivity contribution >= 4 is 35.8 Å². The molecule has 20 heteroatoms. The predicted molar refractivity (Wildman–Crippen MR) is 161 cm³/mol. The molecule has 0 aliphatic rings. The first-order valence-electron chi connectivity index (χ1n) is 14.3. The van der Waals surface area contributed by atoms with E-state index in [1.54, 1.807) is 0 Å². The van der Waals surface area contributed by atoms with Gasteiger partial charge >= 0.3 is 54.1 Å². The van der Waals surface area contributed by atoms with E-state index in [9.17, 15) is 65.3 Å². The molecule has 0 aromatic heterocycles. The van der Waals surface area contributed by atoms with Crippen LogP contribution in [0.3, 0.4) is 0 Å². The van der Waals surface area contributed by atoms with E-state index in [2.05, 4.69) is 0 Å². The van der Waals surface area contributed by atoms with Crippen LogP contribution in [0.25, 0.3) is 0 Å². The van der Waals surface area contributed by atoms with Crippen LogP contribution in [0, 0.1) is 0 Å². The Labute approximate surface area is 294 Å². The van der Waals surface area contributed by atoms with Crippen LogP contribution in [0.15, 0.2) is 84.9 Å². The van der Waals surface area contributed by atoms with Gasteiger partial charge in [0, 0.05) is 0 Å². The molecule has 0 atom stereocenters. The third kappa shape index (κ3) is 7.25. The Hall–Kier alpha value is -6.86. The minimum absolute atomic E-state index is 0.153. The summed E-state index contributed by atoms with van der Waals surface area (Å²) in [5.74, 6) is -17.8. The summed E-state index contributed by atoms with van der Waals surface area (Å²) in [6.45, 7) is 0. The van der Waals surface area contributed by atoms with Crippen LogP contribution >= 0.6 is 0 Å². The lowest BCUT2D eigenvalue weighted by Gasteiger charge is -2.43. The molecule has 0 saturated carbocycles. The number of halogens is 8. The number of esters is 2. The first-order valence-corrected chi connectivity index (χ1v) is 14.3. The number of carbonyl (C=O) groups is 6. The number of ether oxygens (including phenoxy) is 2. The van der Waals surface area contributed by atoms with Crippen LogP contribution < -0.4 is 9.47 Å². The number of hydrogen-bond donors (Lipinski definition) is 4. The molecule has 0 radical (unpaired) electrons. The number of carbonyl (C=O) groups excluding carboxylic acids is 2. The number of carboxylic acids is 4. The van der Waals surface area contributed by atoms with Crippen molar-refractivity contribution in [2.75, 3.05) is 0 Å². The van der Waals surface area contributed by atoms with Gasteiger partial charge in [0.25, 0.3) is 0 Å². The van der Waals surface area contributed by atoms with Crippen molar-refractivity contribution in [1.82, 2.24) is 0 Å². The summed E-state index contributed by atoms with van der Waals surface area (Å²) in [6, 6.07) is 6.59. The molecule has 0 spiro atoms. The minimum Gasteiger partial charge on any atom is -0.478 e. The Kier molecular flexibility index (Phi) is 10.6. The highest BCUT2D eigenvalue weighted by Crippen LogP contribution is 2.60. The quantitative estimate of drug-likeness (QED) is 0.0695. The van der Waals surface area contributed by atoms with Gasteiger partial charge in [-0.2, -0.15) is 35.1 Å². The van der Waals surface area contributed by atoms with Crippen molar-refractivity contribution < 1.29 is 93.8 Å². The summed E-state index contributed by atoms with van der Waals surface area (Å²) in [5, 5.41) is 36.7. The van der Waals surface area contributed by atoms with Crippen LogP contribution in [0.1, 0.15) is 73.3 Å². The number of hydrogen-bond acceptors (Lipinski definition) is 8. The zero-order valence-corrected chi connectivity index (χ0v) is 26.2. The van der Waals surface area contributed by atoms with Crippen molar-refractivity contribution in [3.8, 4) is 11.5 Å². The second-order valence-electron chi connectivity index (χ2n) is 10.9. The third-order valence-corrected chi connectivity index (χ3v) is 7.68. The molecule has 0 fully saturated rings. The predicted octanol–water partition coefficient (Wildman–Crippen LogP) is 6.96. The Morgan fingerprint density at radius 2 is 0.741 bits per heavy atom. The zero-order chi connectivity index (χ0) is 40.6. The molecule has 4 rings (SSSR count). The fourth-order valence-corrected chi connectivity index (χ4v) is 5.19. The normalized spacial score (nSPS) is 12.1. The highest BCUT2D eigenvalue weighted by Gasteiger charge is 2.80. The molecule has 282 valence electrons. The van der Waals surface area contributed by atoms with Gasteiger partial charge in [-0.1, -0.05) is 24.3 Å². The Morgan fingerprint density at radius 1 is 0.426 bits per heavy atom. The van der Waals surface area contributed by atoms with E-state index in [1.807, 2.05) is 0 Å². The van der Waals surface area contributed by atoms with Gasteiger partial charge in [-0.15, -0.1) is 0 Å². The van der Waals surface area contributed by atoms with Crippen molar-refractivity contribution in [2.45, 2.75) is 23.7 Å². The van der Waals surface area contributed by atoms with Gasteiger partial charge in [-0.3, -0.25) is 0 Å². The second kappa shape index (κ2) is 14.3. The number of alkyl halides is 8. The fourth-order valence-electron chi connectivity index (χ4n) is 5.19. The first-order chi connectivity index (χ1) is 24.9. The molecule has 0 aliphatic heterocycles. The molecule has 0 saturated heterocycles. The summed E-state index contributed by atoms with van der Waals surface area (Å²) < 4.78 is 127.